The van der Waals surface area contributed by atoms with E-state index in [0.29, 0.717) is 11.6 Å². The summed E-state index contributed by atoms with van der Waals surface area (Å²) in [5.41, 5.74) is 5.68. The summed E-state index contributed by atoms with van der Waals surface area (Å²) in [4.78, 5) is 16.8. The highest BCUT2D eigenvalue weighted by Gasteiger charge is 2.13. The van der Waals surface area contributed by atoms with Crippen LogP contribution in [0, 0.1) is 0 Å². The van der Waals surface area contributed by atoms with E-state index in [-0.39, 0.29) is 18.3 Å². The number of hydrogen-bond donors (Lipinski definition) is 2. The fourth-order valence-corrected chi connectivity index (χ4v) is 1.92. The van der Waals surface area contributed by atoms with Gasteiger partial charge in [-0.2, -0.15) is 0 Å². The van der Waals surface area contributed by atoms with E-state index in [2.05, 4.69) is 17.2 Å². The Hall–Kier alpha value is -0.650. The summed E-state index contributed by atoms with van der Waals surface area (Å²) in [6.07, 6.45) is 4.34. The number of nitrogens with two attached hydrogens (primary N) is 1. The first-order chi connectivity index (χ1) is 7.17. The van der Waals surface area contributed by atoms with Crippen LogP contribution in [0.5, 0.6) is 0 Å². The largest absolute Gasteiger partial charge is 0.320 e. The van der Waals surface area contributed by atoms with Crippen molar-refractivity contribution in [1.82, 2.24) is 4.98 Å². The van der Waals surface area contributed by atoms with Gasteiger partial charge in [0.05, 0.1) is 6.04 Å². The fourth-order valence-electron chi connectivity index (χ4n) is 1.17. The number of thiazole rings is 1. The molecule has 3 N–H and O–H groups in total. The molecule has 1 amide bonds. The molecule has 0 aliphatic rings. The Morgan fingerprint density at radius 2 is 2.31 bits per heavy atom. The molecule has 0 aromatic carbocycles. The second kappa shape index (κ2) is 7.60. The van der Waals surface area contributed by atoms with E-state index in [0.717, 1.165) is 17.7 Å². The topological polar surface area (TPSA) is 68.0 Å². The minimum atomic E-state index is -0.427. The zero-order valence-electron chi connectivity index (χ0n) is 9.53. The summed E-state index contributed by atoms with van der Waals surface area (Å²) in [6, 6.07) is -0.427. The highest BCUT2D eigenvalue weighted by Crippen LogP contribution is 2.18. The Morgan fingerprint density at radius 3 is 2.81 bits per heavy atom. The Bertz CT molecular complexity index is 330. The van der Waals surface area contributed by atoms with Gasteiger partial charge in [0.2, 0.25) is 5.91 Å². The van der Waals surface area contributed by atoms with Gasteiger partial charge in [0.15, 0.2) is 5.13 Å². The van der Waals surface area contributed by atoms with Crippen LogP contribution in [0.15, 0.2) is 6.20 Å². The number of amides is 1. The van der Waals surface area contributed by atoms with Crippen molar-refractivity contribution < 1.29 is 4.79 Å². The molecule has 0 aliphatic heterocycles. The molecule has 0 saturated heterocycles. The van der Waals surface area contributed by atoms with Crippen molar-refractivity contribution in [2.45, 2.75) is 39.2 Å². The zero-order valence-corrected chi connectivity index (χ0v) is 11.2. The lowest BCUT2D eigenvalue weighted by atomic mass is 10.2. The van der Waals surface area contributed by atoms with Crippen molar-refractivity contribution >= 4 is 34.8 Å². The Labute approximate surface area is 106 Å². The smallest absolute Gasteiger partial charge is 0.243 e. The average molecular weight is 264 g/mol. The van der Waals surface area contributed by atoms with Gasteiger partial charge >= 0.3 is 0 Å². The van der Waals surface area contributed by atoms with Crippen molar-refractivity contribution in [2.24, 2.45) is 5.73 Å². The molecule has 0 fully saturated rings. The van der Waals surface area contributed by atoms with Gasteiger partial charge in [0.1, 0.15) is 0 Å². The predicted octanol–water partition coefficient (Wildman–Crippen LogP) is 2.19. The van der Waals surface area contributed by atoms with Crippen molar-refractivity contribution in [3.63, 3.8) is 0 Å². The standard InChI is InChI=1S/C10H17N3OS.ClH/c1-3-5-8(11)9(14)13-10-12-6-7(4-2)15-10;/h6,8H,3-5,11H2,1-2H3,(H,12,13,14);1H. The third-order valence-corrected chi connectivity index (χ3v) is 3.13. The molecule has 0 aliphatic carbocycles. The summed E-state index contributed by atoms with van der Waals surface area (Å²) in [5, 5.41) is 3.37. The van der Waals surface area contributed by atoms with Gasteiger partial charge in [0, 0.05) is 11.1 Å². The van der Waals surface area contributed by atoms with Gasteiger partial charge in [-0.05, 0) is 12.8 Å². The molecule has 1 unspecified atom stereocenters. The van der Waals surface area contributed by atoms with E-state index in [9.17, 15) is 4.79 Å². The lowest BCUT2D eigenvalue weighted by Crippen LogP contribution is -2.35. The fraction of sp³-hybridized carbons (Fsp3) is 0.600. The quantitative estimate of drug-likeness (QED) is 0.856. The van der Waals surface area contributed by atoms with Crippen LogP contribution in [0.25, 0.3) is 0 Å². The SMILES string of the molecule is CCCC(N)C(=O)Nc1ncc(CC)s1.Cl. The van der Waals surface area contributed by atoms with Crippen LogP contribution < -0.4 is 11.1 Å². The second-order valence-corrected chi connectivity index (χ2v) is 4.48. The normalized spacial score (nSPS) is 11.7. The van der Waals surface area contributed by atoms with Crippen LogP contribution >= 0.6 is 23.7 Å². The number of aromatic nitrogens is 1. The third-order valence-electron chi connectivity index (χ3n) is 2.07. The summed E-state index contributed by atoms with van der Waals surface area (Å²) in [5.74, 6) is -0.145. The molecule has 1 aromatic heterocycles. The van der Waals surface area contributed by atoms with Gasteiger partial charge in [-0.25, -0.2) is 4.98 Å². The number of halogens is 1. The first-order valence-corrected chi connectivity index (χ1v) is 6.00. The average Bonchev–Trinajstić information content (AvgIpc) is 2.66. The molecular weight excluding hydrogens is 246 g/mol. The first-order valence-electron chi connectivity index (χ1n) is 5.18. The van der Waals surface area contributed by atoms with E-state index < -0.39 is 6.04 Å². The molecule has 0 radical (unpaired) electrons. The maximum atomic E-state index is 11.5. The first kappa shape index (κ1) is 15.3. The molecule has 1 heterocycles. The molecule has 0 bridgehead atoms. The van der Waals surface area contributed by atoms with E-state index in [1.165, 1.54) is 11.3 Å². The van der Waals surface area contributed by atoms with Crippen molar-refractivity contribution in [3.8, 4) is 0 Å². The maximum Gasteiger partial charge on any atom is 0.243 e. The predicted molar refractivity (Wildman–Crippen MR) is 70.3 cm³/mol. The number of aryl methyl sites for hydroxylation is 1. The van der Waals surface area contributed by atoms with E-state index in [4.69, 9.17) is 5.73 Å². The number of nitrogens with zero attached hydrogens (tertiary/aromatic N) is 1. The number of rotatable bonds is 5. The molecule has 1 atom stereocenters. The van der Waals surface area contributed by atoms with Crippen LogP contribution in [0.4, 0.5) is 5.13 Å². The summed E-state index contributed by atoms with van der Waals surface area (Å²) in [7, 11) is 0. The number of anilines is 1. The Morgan fingerprint density at radius 1 is 1.62 bits per heavy atom. The minimum Gasteiger partial charge on any atom is -0.320 e. The number of hydrogen-bond acceptors (Lipinski definition) is 4. The van der Waals surface area contributed by atoms with Crippen LogP contribution in [-0.2, 0) is 11.2 Å². The Balaban J connectivity index is 0.00000225. The molecule has 0 saturated carbocycles. The van der Waals surface area contributed by atoms with Crippen molar-refractivity contribution in [1.29, 1.82) is 0 Å². The van der Waals surface area contributed by atoms with E-state index in [1.54, 1.807) is 6.20 Å². The lowest BCUT2D eigenvalue weighted by Gasteiger charge is -2.08. The Kier molecular flexibility index (Phi) is 7.29. The lowest BCUT2D eigenvalue weighted by molar-refractivity contribution is -0.117. The van der Waals surface area contributed by atoms with Crippen LogP contribution in [-0.4, -0.2) is 16.9 Å². The van der Waals surface area contributed by atoms with Crippen LogP contribution in [0.3, 0.4) is 0 Å². The third kappa shape index (κ3) is 4.47. The van der Waals surface area contributed by atoms with Crippen molar-refractivity contribution in [3.05, 3.63) is 11.1 Å². The molecule has 1 aromatic rings. The second-order valence-electron chi connectivity index (χ2n) is 3.37. The van der Waals surface area contributed by atoms with Gasteiger partial charge in [-0.1, -0.05) is 20.3 Å². The number of carbonyl (C=O) groups is 1. The van der Waals surface area contributed by atoms with Crippen molar-refractivity contribution in [2.75, 3.05) is 5.32 Å². The monoisotopic (exact) mass is 263 g/mol. The van der Waals surface area contributed by atoms with E-state index >= 15 is 0 Å². The summed E-state index contributed by atoms with van der Waals surface area (Å²) < 4.78 is 0. The molecule has 4 nitrogen and oxygen atoms in total. The maximum absolute atomic E-state index is 11.5. The van der Waals surface area contributed by atoms with Crippen LogP contribution in [0.1, 0.15) is 31.6 Å². The van der Waals surface area contributed by atoms with Gasteiger partial charge in [0.25, 0.3) is 0 Å². The minimum absolute atomic E-state index is 0. The van der Waals surface area contributed by atoms with E-state index in [1.807, 2.05) is 6.92 Å². The van der Waals surface area contributed by atoms with Crippen LogP contribution in [0.2, 0.25) is 0 Å². The molecule has 16 heavy (non-hydrogen) atoms. The molecule has 6 heteroatoms. The van der Waals surface area contributed by atoms with Gasteiger partial charge in [-0.15, -0.1) is 23.7 Å². The summed E-state index contributed by atoms with van der Waals surface area (Å²) >= 11 is 1.50. The molecule has 92 valence electrons. The highest BCUT2D eigenvalue weighted by atomic mass is 35.5. The number of carbonyl (C=O) groups excluding carboxylic acids is 1. The molecule has 0 spiro atoms. The zero-order chi connectivity index (χ0) is 11.3. The van der Waals surface area contributed by atoms with Gasteiger partial charge in [-0.3, -0.25) is 4.79 Å². The summed E-state index contributed by atoms with van der Waals surface area (Å²) in [6.45, 7) is 4.06. The van der Waals surface area contributed by atoms with Gasteiger partial charge < -0.3 is 11.1 Å². The molecule has 1 rings (SSSR count). The molecular formula is C10H18ClN3OS. The highest BCUT2D eigenvalue weighted by molar-refractivity contribution is 7.15. The number of nitrogens with one attached hydrogen (secondary N) is 1.